The molecule has 1 amide bonds. The van der Waals surface area contributed by atoms with Crippen LogP contribution in [0.5, 0.6) is 5.88 Å². The molecule has 3 aromatic rings. The topological polar surface area (TPSA) is 135 Å². The second-order valence-electron chi connectivity index (χ2n) is 8.93. The molecule has 4 N–H and O–H groups in total. The second kappa shape index (κ2) is 8.02. The maximum atomic E-state index is 15.3. The number of halogens is 1. The molecule has 2 aromatic heterocycles. The molecule has 1 aromatic carbocycles. The summed E-state index contributed by atoms with van der Waals surface area (Å²) in [7, 11) is 0. The first-order chi connectivity index (χ1) is 16.3. The van der Waals surface area contributed by atoms with Gasteiger partial charge in [0.25, 0.3) is 0 Å². The van der Waals surface area contributed by atoms with Crippen LogP contribution in [-0.2, 0) is 4.74 Å². The van der Waals surface area contributed by atoms with Crippen molar-refractivity contribution in [2.45, 2.75) is 32.8 Å². The Labute approximate surface area is 195 Å². The first kappa shape index (κ1) is 21.7. The van der Waals surface area contributed by atoms with Crippen LogP contribution in [0.25, 0.3) is 21.9 Å². The van der Waals surface area contributed by atoms with Crippen LogP contribution in [0.15, 0.2) is 24.5 Å². The number of carbonyl (C=O) groups excluding carboxylic acids is 1. The van der Waals surface area contributed by atoms with Crippen LogP contribution in [0.3, 0.4) is 0 Å². The van der Waals surface area contributed by atoms with Gasteiger partial charge in [0.2, 0.25) is 5.88 Å². The average Bonchev–Trinajstić information content (AvgIpc) is 2.81. The van der Waals surface area contributed by atoms with Crippen molar-refractivity contribution in [3.8, 4) is 23.1 Å². The number of nitriles is 1. The molecule has 0 bridgehead atoms. The fourth-order valence-corrected chi connectivity index (χ4v) is 4.46. The van der Waals surface area contributed by atoms with E-state index in [1.165, 1.54) is 6.20 Å². The van der Waals surface area contributed by atoms with E-state index in [2.05, 4.69) is 26.7 Å². The lowest BCUT2D eigenvalue weighted by Gasteiger charge is -2.38. The number of amides is 1. The second-order valence-corrected chi connectivity index (χ2v) is 8.93. The van der Waals surface area contributed by atoms with Gasteiger partial charge in [0.15, 0.2) is 5.82 Å². The lowest BCUT2D eigenvalue weighted by Crippen LogP contribution is -2.41. The number of nitrogens with two attached hydrogens (primary N) is 1. The quantitative estimate of drug-likeness (QED) is 0.488. The average molecular weight is 462 g/mol. The first-order valence-electron chi connectivity index (χ1n) is 10.9. The predicted octanol–water partition coefficient (Wildman–Crippen LogP) is 4.37. The summed E-state index contributed by atoms with van der Waals surface area (Å²) in [6.45, 7) is 4.85. The van der Waals surface area contributed by atoms with Gasteiger partial charge in [-0.2, -0.15) is 5.26 Å². The monoisotopic (exact) mass is 462 g/mol. The van der Waals surface area contributed by atoms with E-state index in [1.54, 1.807) is 18.3 Å². The Hall–Kier alpha value is -4.13. The van der Waals surface area contributed by atoms with E-state index in [0.29, 0.717) is 48.2 Å². The van der Waals surface area contributed by atoms with Crippen LogP contribution in [0.4, 0.5) is 26.4 Å². The minimum absolute atomic E-state index is 0.0410. The smallest absolute Gasteiger partial charge is 0.413 e. The van der Waals surface area contributed by atoms with Gasteiger partial charge < -0.3 is 20.5 Å². The molecule has 1 fully saturated rings. The van der Waals surface area contributed by atoms with E-state index in [1.807, 2.05) is 13.8 Å². The molecular weight excluding hydrogens is 439 g/mol. The van der Waals surface area contributed by atoms with Crippen molar-refractivity contribution < 1.29 is 18.7 Å². The molecule has 9 nitrogen and oxygen atoms in total. The lowest BCUT2D eigenvalue weighted by atomic mass is 9.69. The van der Waals surface area contributed by atoms with E-state index < -0.39 is 17.3 Å². The minimum Gasteiger partial charge on any atom is -0.474 e. The van der Waals surface area contributed by atoms with Gasteiger partial charge in [-0.1, -0.05) is 0 Å². The van der Waals surface area contributed by atoms with Crippen LogP contribution < -0.4 is 21.1 Å². The first-order valence-corrected chi connectivity index (χ1v) is 10.9. The molecule has 0 saturated heterocycles. The maximum Gasteiger partial charge on any atom is 0.413 e. The number of pyridine rings is 2. The molecule has 34 heavy (non-hydrogen) atoms. The number of anilines is 3. The molecule has 1 aliphatic carbocycles. The molecule has 0 atom stereocenters. The zero-order chi connectivity index (χ0) is 24.0. The number of nitrogens with one attached hydrogen (secondary N) is 2. The van der Waals surface area contributed by atoms with Crippen LogP contribution in [0, 0.1) is 29.5 Å². The van der Waals surface area contributed by atoms with E-state index in [-0.39, 0.29) is 23.2 Å². The fourth-order valence-electron chi connectivity index (χ4n) is 4.46. The van der Waals surface area contributed by atoms with E-state index in [0.717, 1.165) is 11.3 Å². The lowest BCUT2D eigenvalue weighted by molar-refractivity contribution is 0.00137. The number of ether oxygens (including phenoxy) is 2. The number of hydrogen-bond donors (Lipinski definition) is 3. The molecule has 10 heteroatoms. The summed E-state index contributed by atoms with van der Waals surface area (Å²) in [6, 6.07) is 5.48. The third-order valence-electron chi connectivity index (χ3n) is 6.37. The van der Waals surface area contributed by atoms with Crippen LogP contribution in [-0.4, -0.2) is 35.3 Å². The number of nitrogens with zero attached hydrogens (tertiary/aromatic N) is 3. The highest BCUT2D eigenvalue weighted by Crippen LogP contribution is 2.42. The zero-order valence-electron chi connectivity index (χ0n) is 18.7. The highest BCUT2D eigenvalue weighted by molar-refractivity contribution is 5.99. The van der Waals surface area contributed by atoms with Gasteiger partial charge in [0.05, 0.1) is 17.2 Å². The Bertz CT molecular complexity index is 1360. The fraction of sp³-hybridized carbons (Fsp3) is 0.333. The minimum atomic E-state index is -0.659. The Kier molecular flexibility index (Phi) is 5.12. The van der Waals surface area contributed by atoms with Gasteiger partial charge in [0.1, 0.15) is 24.2 Å². The van der Waals surface area contributed by atoms with E-state index in [4.69, 9.17) is 20.5 Å². The molecule has 0 spiro atoms. The molecule has 174 valence electrons. The van der Waals surface area contributed by atoms with Gasteiger partial charge in [-0.3, -0.25) is 5.32 Å². The number of aromatic nitrogens is 2. The molecule has 0 radical (unpaired) electrons. The van der Waals surface area contributed by atoms with Crippen molar-refractivity contribution >= 4 is 34.1 Å². The Morgan fingerprint density at radius 3 is 2.91 bits per heavy atom. The Morgan fingerprint density at radius 1 is 1.35 bits per heavy atom. The molecule has 2 aliphatic rings. The van der Waals surface area contributed by atoms with Crippen molar-refractivity contribution in [2.75, 3.05) is 29.5 Å². The van der Waals surface area contributed by atoms with Gasteiger partial charge in [-0.25, -0.2) is 19.2 Å². The molecule has 1 aliphatic heterocycles. The van der Waals surface area contributed by atoms with Crippen LogP contribution >= 0.6 is 0 Å². The largest absolute Gasteiger partial charge is 0.474 e. The third kappa shape index (κ3) is 3.69. The zero-order valence-corrected chi connectivity index (χ0v) is 18.7. The van der Waals surface area contributed by atoms with Gasteiger partial charge >= 0.3 is 6.09 Å². The van der Waals surface area contributed by atoms with Crippen LogP contribution in [0.2, 0.25) is 0 Å². The summed E-state index contributed by atoms with van der Waals surface area (Å²) >= 11 is 0. The van der Waals surface area contributed by atoms with E-state index in [9.17, 15) is 4.79 Å². The Balaban J connectivity index is 1.44. The maximum absolute atomic E-state index is 15.3. The van der Waals surface area contributed by atoms with Crippen molar-refractivity contribution in [2.24, 2.45) is 5.41 Å². The predicted molar refractivity (Wildman–Crippen MR) is 125 cm³/mol. The standard InChI is InChI=1S/C24H23FN6O3/c1-12-16(9-30-22-21(12)28-3-4-33-22)15-5-13-6-18(29-10-17(13)20(27)19(15)25)31-23(32)34-14-7-24(2,8-14)11-26/h5-6,9-10,14,28H,3-4,7-8,27H2,1-2H3,(H,29,31,32). The molecule has 0 unspecified atom stereocenters. The van der Waals surface area contributed by atoms with Crippen molar-refractivity contribution in [3.63, 3.8) is 0 Å². The number of nitrogen functional groups attached to an aromatic ring is 1. The number of hydrogen-bond acceptors (Lipinski definition) is 8. The van der Waals surface area contributed by atoms with E-state index >= 15 is 4.39 Å². The summed E-state index contributed by atoms with van der Waals surface area (Å²) < 4.78 is 26.2. The summed E-state index contributed by atoms with van der Waals surface area (Å²) in [4.78, 5) is 20.8. The summed E-state index contributed by atoms with van der Waals surface area (Å²) in [5.74, 6) is 0.158. The highest BCUT2D eigenvalue weighted by Gasteiger charge is 2.43. The Morgan fingerprint density at radius 2 is 2.15 bits per heavy atom. The number of carbonyl (C=O) groups is 1. The molecule has 3 heterocycles. The number of fused-ring (bicyclic) bond motifs is 2. The van der Waals surface area contributed by atoms with Gasteiger partial charge in [-0.05, 0) is 36.9 Å². The normalized spacial score (nSPS) is 20.8. The summed E-state index contributed by atoms with van der Waals surface area (Å²) in [5, 5.41) is 16.0. The number of rotatable bonds is 3. The summed E-state index contributed by atoms with van der Waals surface area (Å²) in [6.07, 6.45) is 3.00. The van der Waals surface area contributed by atoms with Gasteiger partial charge in [0, 0.05) is 48.3 Å². The molecular formula is C24H23FN6O3. The summed E-state index contributed by atoms with van der Waals surface area (Å²) in [5.41, 5.74) is 8.01. The van der Waals surface area contributed by atoms with Crippen molar-refractivity contribution in [1.29, 1.82) is 5.26 Å². The SMILES string of the molecule is Cc1c(-c2cc3cc(NC(=O)OC4CC(C)(C#N)C4)ncc3c(N)c2F)cnc2c1NCCO2. The van der Waals surface area contributed by atoms with Crippen LogP contribution in [0.1, 0.15) is 25.3 Å². The molecule has 1 saturated carbocycles. The van der Waals surface area contributed by atoms with Gasteiger partial charge in [-0.15, -0.1) is 0 Å². The van der Waals surface area contributed by atoms with Crippen molar-refractivity contribution in [1.82, 2.24) is 9.97 Å². The third-order valence-corrected chi connectivity index (χ3v) is 6.37. The molecule has 5 rings (SSSR count). The highest BCUT2D eigenvalue weighted by atomic mass is 19.1. The van der Waals surface area contributed by atoms with Crippen molar-refractivity contribution in [3.05, 3.63) is 35.9 Å². The number of benzene rings is 1.